The lowest BCUT2D eigenvalue weighted by Crippen LogP contribution is -2.33. The lowest BCUT2D eigenvalue weighted by Gasteiger charge is -2.20. The van der Waals surface area contributed by atoms with Crippen molar-refractivity contribution in [3.63, 3.8) is 0 Å². The number of hydrogen-bond acceptors (Lipinski definition) is 6. The van der Waals surface area contributed by atoms with Crippen molar-refractivity contribution in [1.29, 1.82) is 0 Å². The maximum Gasteiger partial charge on any atom is 0.244 e. The van der Waals surface area contributed by atoms with Crippen LogP contribution >= 0.6 is 23.5 Å². The number of sulfonamides is 1. The highest BCUT2D eigenvalue weighted by molar-refractivity contribution is 8.06. The van der Waals surface area contributed by atoms with Gasteiger partial charge in [0.2, 0.25) is 10.0 Å². The Kier molecular flexibility index (Phi) is 5.85. The molecule has 0 spiro atoms. The average molecular weight is 337 g/mol. The molecule has 0 aromatic carbocycles. The van der Waals surface area contributed by atoms with E-state index in [9.17, 15) is 8.42 Å². The van der Waals surface area contributed by atoms with Crippen LogP contribution in [0.15, 0.2) is 15.4 Å². The third-order valence-electron chi connectivity index (χ3n) is 2.95. The standard InChI is InChI=1S/C12H20N2O3S3/c1-9-12(5-10(17-9)6-13-2)20(15,16)14-7-11-8-18-3-4-19-11/h5,11,13-14H,3-4,6-8H2,1-2H3. The Morgan fingerprint density at radius 1 is 1.45 bits per heavy atom. The van der Waals surface area contributed by atoms with Gasteiger partial charge in [0.15, 0.2) is 0 Å². The molecule has 1 aromatic heterocycles. The van der Waals surface area contributed by atoms with E-state index in [1.807, 2.05) is 23.5 Å². The highest BCUT2D eigenvalue weighted by atomic mass is 32.2. The zero-order valence-electron chi connectivity index (χ0n) is 11.6. The molecule has 0 aliphatic carbocycles. The molecule has 1 aliphatic rings. The Bertz CT molecular complexity index is 536. The molecule has 0 amide bonds. The van der Waals surface area contributed by atoms with E-state index in [0.717, 1.165) is 17.3 Å². The zero-order chi connectivity index (χ0) is 14.6. The van der Waals surface area contributed by atoms with Gasteiger partial charge in [-0.05, 0) is 14.0 Å². The third kappa shape index (κ3) is 4.17. The molecule has 114 valence electrons. The maximum atomic E-state index is 12.3. The molecule has 2 heterocycles. The van der Waals surface area contributed by atoms with Crippen molar-refractivity contribution >= 4 is 33.5 Å². The van der Waals surface area contributed by atoms with Gasteiger partial charge in [-0.3, -0.25) is 0 Å². The summed E-state index contributed by atoms with van der Waals surface area (Å²) in [5.74, 6) is 4.32. The number of rotatable bonds is 6. The van der Waals surface area contributed by atoms with Crippen molar-refractivity contribution in [3.05, 3.63) is 17.6 Å². The number of furan rings is 1. The van der Waals surface area contributed by atoms with Crippen molar-refractivity contribution < 1.29 is 12.8 Å². The summed E-state index contributed by atoms with van der Waals surface area (Å²) in [6, 6.07) is 1.59. The summed E-state index contributed by atoms with van der Waals surface area (Å²) in [5.41, 5.74) is 0. The second kappa shape index (κ2) is 7.22. The van der Waals surface area contributed by atoms with E-state index < -0.39 is 10.0 Å². The van der Waals surface area contributed by atoms with Crippen LogP contribution < -0.4 is 10.0 Å². The SMILES string of the molecule is CNCc1cc(S(=O)(=O)NCC2CSCCS2)c(C)o1. The van der Waals surface area contributed by atoms with Crippen molar-refractivity contribution in [2.45, 2.75) is 23.6 Å². The second-order valence-corrected chi connectivity index (χ2v) is 8.88. The molecule has 1 aliphatic heterocycles. The zero-order valence-corrected chi connectivity index (χ0v) is 14.1. The highest BCUT2D eigenvalue weighted by Gasteiger charge is 2.23. The van der Waals surface area contributed by atoms with E-state index in [0.29, 0.717) is 29.9 Å². The topological polar surface area (TPSA) is 71.3 Å². The predicted molar refractivity (Wildman–Crippen MR) is 85.0 cm³/mol. The molecule has 8 heteroatoms. The summed E-state index contributed by atoms with van der Waals surface area (Å²) in [6.07, 6.45) is 0. The van der Waals surface area contributed by atoms with Gasteiger partial charge >= 0.3 is 0 Å². The van der Waals surface area contributed by atoms with Gasteiger partial charge in [-0.15, -0.1) is 0 Å². The van der Waals surface area contributed by atoms with Crippen LogP contribution in [0.25, 0.3) is 0 Å². The van der Waals surface area contributed by atoms with Crippen molar-refractivity contribution in [3.8, 4) is 0 Å². The fraction of sp³-hybridized carbons (Fsp3) is 0.667. The molecule has 0 saturated carbocycles. The van der Waals surface area contributed by atoms with E-state index >= 15 is 0 Å². The van der Waals surface area contributed by atoms with Gasteiger partial charge in [0, 0.05) is 35.1 Å². The quantitative estimate of drug-likeness (QED) is 0.819. The van der Waals surface area contributed by atoms with E-state index in [1.165, 1.54) is 0 Å². The van der Waals surface area contributed by atoms with Crippen LogP contribution in [0.3, 0.4) is 0 Å². The third-order valence-corrected chi connectivity index (χ3v) is 7.33. The monoisotopic (exact) mass is 336 g/mol. The summed E-state index contributed by atoms with van der Waals surface area (Å²) < 4.78 is 32.8. The lowest BCUT2D eigenvalue weighted by atomic mass is 10.4. The largest absolute Gasteiger partial charge is 0.464 e. The molecule has 1 unspecified atom stereocenters. The molecule has 1 saturated heterocycles. The van der Waals surface area contributed by atoms with E-state index in [2.05, 4.69) is 10.0 Å². The van der Waals surface area contributed by atoms with Crippen LogP contribution in [-0.2, 0) is 16.6 Å². The average Bonchev–Trinajstić information content (AvgIpc) is 2.80. The molecule has 1 fully saturated rings. The summed E-state index contributed by atoms with van der Waals surface area (Å²) in [4.78, 5) is 0.246. The minimum Gasteiger partial charge on any atom is -0.464 e. The molecule has 0 bridgehead atoms. The molecule has 1 aromatic rings. The first-order valence-electron chi connectivity index (χ1n) is 6.46. The molecule has 0 radical (unpaired) electrons. The van der Waals surface area contributed by atoms with Crippen molar-refractivity contribution in [2.75, 3.05) is 30.9 Å². The molecule has 1 atom stereocenters. The van der Waals surface area contributed by atoms with Gasteiger partial charge < -0.3 is 9.73 Å². The first-order chi connectivity index (χ1) is 9.53. The lowest BCUT2D eigenvalue weighted by molar-refractivity contribution is 0.465. The number of hydrogen-bond donors (Lipinski definition) is 2. The van der Waals surface area contributed by atoms with Crippen molar-refractivity contribution in [2.24, 2.45) is 0 Å². The van der Waals surface area contributed by atoms with E-state index in [4.69, 9.17) is 4.42 Å². The minimum atomic E-state index is -3.48. The molecule has 20 heavy (non-hydrogen) atoms. The normalized spacial score (nSPS) is 20.2. The molecular formula is C12H20N2O3S3. The van der Waals surface area contributed by atoms with E-state index in [-0.39, 0.29) is 4.90 Å². The molecule has 5 nitrogen and oxygen atoms in total. The van der Waals surface area contributed by atoms with Crippen LogP contribution in [0.2, 0.25) is 0 Å². The fourth-order valence-corrected chi connectivity index (χ4v) is 5.99. The summed E-state index contributed by atoms with van der Waals surface area (Å²) in [6.45, 7) is 2.68. The minimum absolute atomic E-state index is 0.246. The maximum absolute atomic E-state index is 12.3. The second-order valence-electron chi connectivity index (χ2n) is 4.58. The first-order valence-corrected chi connectivity index (χ1v) is 10.1. The smallest absolute Gasteiger partial charge is 0.244 e. The Morgan fingerprint density at radius 2 is 2.25 bits per heavy atom. The summed E-state index contributed by atoms with van der Waals surface area (Å²) in [7, 11) is -1.69. The van der Waals surface area contributed by atoms with Gasteiger partial charge in [0.1, 0.15) is 16.4 Å². The number of thioether (sulfide) groups is 2. The predicted octanol–water partition coefficient (Wildman–Crippen LogP) is 1.43. The van der Waals surface area contributed by atoms with Crippen molar-refractivity contribution in [1.82, 2.24) is 10.0 Å². The molecule has 2 N–H and O–H groups in total. The van der Waals surface area contributed by atoms with Crippen LogP contribution in [0, 0.1) is 6.92 Å². The Labute approximate surface area is 128 Å². The summed E-state index contributed by atoms with van der Waals surface area (Å²) in [5, 5.41) is 3.30. The van der Waals surface area contributed by atoms with Gasteiger partial charge in [-0.25, -0.2) is 13.1 Å². The number of aryl methyl sites for hydroxylation is 1. The summed E-state index contributed by atoms with van der Waals surface area (Å²) >= 11 is 3.72. The van der Waals surface area contributed by atoms with Crippen LogP contribution in [0.4, 0.5) is 0 Å². The van der Waals surface area contributed by atoms with Gasteiger partial charge in [0.05, 0.1) is 6.54 Å². The van der Waals surface area contributed by atoms with Gasteiger partial charge in [-0.1, -0.05) is 0 Å². The van der Waals surface area contributed by atoms with Crippen LogP contribution in [-0.4, -0.2) is 44.5 Å². The Balaban J connectivity index is 2.01. The first kappa shape index (κ1) is 16.2. The molecule has 2 rings (SSSR count). The Hall–Kier alpha value is -0.150. The molecular weight excluding hydrogens is 316 g/mol. The Morgan fingerprint density at radius 3 is 2.90 bits per heavy atom. The number of nitrogens with one attached hydrogen (secondary N) is 2. The highest BCUT2D eigenvalue weighted by Crippen LogP contribution is 2.24. The van der Waals surface area contributed by atoms with Crippen LogP contribution in [0.5, 0.6) is 0 Å². The van der Waals surface area contributed by atoms with Gasteiger partial charge in [-0.2, -0.15) is 23.5 Å². The van der Waals surface area contributed by atoms with Crippen LogP contribution in [0.1, 0.15) is 11.5 Å². The van der Waals surface area contributed by atoms with E-state index in [1.54, 1.807) is 20.0 Å². The fourth-order valence-electron chi connectivity index (χ4n) is 1.99. The van der Waals surface area contributed by atoms with Gasteiger partial charge in [0.25, 0.3) is 0 Å².